The molecule has 2 heterocycles. The number of phenols is 2. The van der Waals surface area contributed by atoms with Crippen molar-refractivity contribution >= 4 is 23.3 Å². The summed E-state index contributed by atoms with van der Waals surface area (Å²) in [6, 6.07) is 4.01. The number of nitrogens with one attached hydrogen (secondary N) is 2. The number of aromatic amines is 1. The van der Waals surface area contributed by atoms with Crippen LogP contribution in [0.25, 0.3) is 11.2 Å². The molecule has 0 aliphatic rings. The Morgan fingerprint density at radius 2 is 2.12 bits per heavy atom. The summed E-state index contributed by atoms with van der Waals surface area (Å²) in [4.78, 5) is 30.2. The molecule has 1 aromatic carbocycles. The van der Waals surface area contributed by atoms with Crippen LogP contribution in [0.2, 0.25) is 0 Å². The summed E-state index contributed by atoms with van der Waals surface area (Å²) in [5.74, 6) is -0.119. The number of aliphatic hydroxyl groups is 1. The summed E-state index contributed by atoms with van der Waals surface area (Å²) in [6.07, 6.45) is 1.29. The topological polar surface area (TPSA) is 158 Å². The van der Waals surface area contributed by atoms with E-state index in [0.29, 0.717) is 5.56 Å². The van der Waals surface area contributed by atoms with E-state index in [1.807, 2.05) is 0 Å². The predicted octanol–water partition coefficient (Wildman–Crippen LogP) is -0.727. The number of aliphatic hydroxyl groups excluding tert-OH is 1. The van der Waals surface area contributed by atoms with Gasteiger partial charge in [0, 0.05) is 25.2 Å². The maximum Gasteiger partial charge on any atom is 0.329 e. The molecular formula is C15H16N6O5. The second-order valence-corrected chi connectivity index (χ2v) is 5.41. The summed E-state index contributed by atoms with van der Waals surface area (Å²) in [7, 11) is 1.46. The number of aryl methyl sites for hydroxylation is 1. The lowest BCUT2D eigenvalue weighted by molar-refractivity contribution is 0.278. The Morgan fingerprint density at radius 1 is 1.35 bits per heavy atom. The van der Waals surface area contributed by atoms with E-state index in [-0.39, 0.29) is 41.8 Å². The van der Waals surface area contributed by atoms with E-state index in [1.165, 1.54) is 34.5 Å². The van der Waals surface area contributed by atoms with Crippen molar-refractivity contribution in [3.63, 3.8) is 0 Å². The number of H-pyrrole nitrogens is 1. The van der Waals surface area contributed by atoms with Gasteiger partial charge in [0.25, 0.3) is 5.56 Å². The van der Waals surface area contributed by atoms with Crippen LogP contribution in [0, 0.1) is 0 Å². The van der Waals surface area contributed by atoms with Gasteiger partial charge < -0.3 is 19.9 Å². The van der Waals surface area contributed by atoms with Crippen molar-refractivity contribution in [3.05, 3.63) is 44.6 Å². The molecule has 26 heavy (non-hydrogen) atoms. The van der Waals surface area contributed by atoms with Gasteiger partial charge in [0.15, 0.2) is 11.2 Å². The average Bonchev–Trinajstić information content (AvgIpc) is 2.94. The van der Waals surface area contributed by atoms with Gasteiger partial charge in [-0.25, -0.2) is 10.2 Å². The number of nitrogens with zero attached hydrogens (tertiary/aromatic N) is 4. The average molecular weight is 360 g/mol. The van der Waals surface area contributed by atoms with E-state index >= 15 is 0 Å². The monoisotopic (exact) mass is 360 g/mol. The molecule has 0 aliphatic carbocycles. The number of aromatic hydroxyl groups is 2. The molecule has 0 atom stereocenters. The van der Waals surface area contributed by atoms with Crippen LogP contribution >= 0.6 is 0 Å². The largest absolute Gasteiger partial charge is 0.508 e. The lowest BCUT2D eigenvalue weighted by Gasteiger charge is -2.05. The smallest absolute Gasteiger partial charge is 0.329 e. The minimum atomic E-state index is -0.628. The molecule has 3 rings (SSSR count). The fourth-order valence-corrected chi connectivity index (χ4v) is 2.44. The molecule has 11 heteroatoms. The van der Waals surface area contributed by atoms with Crippen LogP contribution in [-0.4, -0.2) is 47.2 Å². The van der Waals surface area contributed by atoms with Crippen LogP contribution < -0.4 is 16.7 Å². The molecule has 0 unspecified atom stereocenters. The third-order valence-corrected chi connectivity index (χ3v) is 3.71. The second-order valence-electron chi connectivity index (χ2n) is 5.41. The summed E-state index contributed by atoms with van der Waals surface area (Å²) < 4.78 is 2.56. The van der Waals surface area contributed by atoms with Gasteiger partial charge >= 0.3 is 5.69 Å². The van der Waals surface area contributed by atoms with Gasteiger partial charge in [-0.05, 0) is 12.1 Å². The number of anilines is 1. The Kier molecular flexibility index (Phi) is 4.45. The van der Waals surface area contributed by atoms with Gasteiger partial charge in [-0.2, -0.15) is 10.1 Å². The molecule has 0 aliphatic heterocycles. The van der Waals surface area contributed by atoms with E-state index in [1.54, 1.807) is 0 Å². The zero-order chi connectivity index (χ0) is 18.8. The van der Waals surface area contributed by atoms with Crippen molar-refractivity contribution in [2.45, 2.75) is 6.54 Å². The minimum absolute atomic E-state index is 0.0557. The van der Waals surface area contributed by atoms with Crippen molar-refractivity contribution in [2.75, 3.05) is 12.0 Å². The molecule has 136 valence electrons. The Bertz CT molecular complexity index is 1110. The van der Waals surface area contributed by atoms with E-state index in [2.05, 4.69) is 20.5 Å². The van der Waals surface area contributed by atoms with Crippen molar-refractivity contribution in [2.24, 2.45) is 12.1 Å². The lowest BCUT2D eigenvalue weighted by atomic mass is 10.2. The van der Waals surface area contributed by atoms with Crippen molar-refractivity contribution in [3.8, 4) is 11.5 Å². The second kappa shape index (κ2) is 6.72. The molecule has 2 aromatic heterocycles. The molecule has 0 radical (unpaired) electrons. The van der Waals surface area contributed by atoms with E-state index in [9.17, 15) is 24.9 Å². The summed E-state index contributed by atoms with van der Waals surface area (Å²) in [6.45, 7) is -0.203. The van der Waals surface area contributed by atoms with Crippen LogP contribution in [0.4, 0.5) is 5.95 Å². The zero-order valence-corrected chi connectivity index (χ0v) is 13.7. The normalized spacial score (nSPS) is 11.5. The highest BCUT2D eigenvalue weighted by molar-refractivity contribution is 5.84. The first-order chi connectivity index (χ1) is 12.4. The number of hydrogen-bond acceptors (Lipinski definition) is 8. The van der Waals surface area contributed by atoms with Gasteiger partial charge in [0.05, 0.1) is 12.8 Å². The van der Waals surface area contributed by atoms with Gasteiger partial charge in [0.2, 0.25) is 5.95 Å². The lowest BCUT2D eigenvalue weighted by Crippen LogP contribution is -2.29. The minimum Gasteiger partial charge on any atom is -0.508 e. The maximum absolute atomic E-state index is 12.1. The highest BCUT2D eigenvalue weighted by atomic mass is 16.3. The molecule has 11 nitrogen and oxygen atoms in total. The first kappa shape index (κ1) is 17.2. The van der Waals surface area contributed by atoms with Gasteiger partial charge in [-0.15, -0.1) is 0 Å². The number of hydrogen-bond donors (Lipinski definition) is 5. The van der Waals surface area contributed by atoms with Crippen LogP contribution in [0.5, 0.6) is 11.5 Å². The molecule has 0 bridgehead atoms. The highest BCUT2D eigenvalue weighted by Crippen LogP contribution is 2.21. The first-order valence-corrected chi connectivity index (χ1v) is 7.54. The maximum atomic E-state index is 12.1. The molecule has 5 N–H and O–H groups in total. The number of imidazole rings is 1. The number of rotatable bonds is 5. The number of benzene rings is 1. The summed E-state index contributed by atoms with van der Waals surface area (Å²) >= 11 is 0. The fourth-order valence-electron chi connectivity index (χ4n) is 2.44. The van der Waals surface area contributed by atoms with Crippen molar-refractivity contribution in [1.82, 2.24) is 19.1 Å². The number of fused-ring (bicyclic) bond motifs is 1. The number of phenolic OH excluding ortho intramolecular Hbond substituents is 2. The summed E-state index contributed by atoms with van der Waals surface area (Å²) in [5, 5.41) is 32.2. The number of aromatic nitrogens is 4. The van der Waals surface area contributed by atoms with Crippen LogP contribution in [0.1, 0.15) is 5.56 Å². The Hall–Kier alpha value is -3.60. The molecular weight excluding hydrogens is 344 g/mol. The molecule has 0 saturated carbocycles. The standard InChI is InChI=1S/C15H16N6O5/c1-20-12-11(13(25)18-15(20)26)21(4-5-22)14(17-12)19-16-7-8-2-3-9(23)6-10(8)24/h2-3,6-7,22-24H,4-5H2,1H3,(H,17,19)(H,18,25,26)/b16-7-. The zero-order valence-electron chi connectivity index (χ0n) is 13.7. The molecule has 0 saturated heterocycles. The third-order valence-electron chi connectivity index (χ3n) is 3.71. The quantitative estimate of drug-likeness (QED) is 0.296. The first-order valence-electron chi connectivity index (χ1n) is 7.54. The highest BCUT2D eigenvalue weighted by Gasteiger charge is 2.16. The fraction of sp³-hybridized carbons (Fsp3) is 0.200. The Balaban J connectivity index is 2.02. The predicted molar refractivity (Wildman–Crippen MR) is 93.7 cm³/mol. The molecule has 3 aromatic rings. The Morgan fingerprint density at radius 3 is 2.81 bits per heavy atom. The number of hydrazone groups is 1. The van der Waals surface area contributed by atoms with E-state index < -0.39 is 11.2 Å². The summed E-state index contributed by atoms with van der Waals surface area (Å²) in [5.41, 5.74) is 1.97. The molecule has 0 amide bonds. The van der Waals surface area contributed by atoms with E-state index in [4.69, 9.17) is 0 Å². The van der Waals surface area contributed by atoms with Crippen LogP contribution in [0.3, 0.4) is 0 Å². The molecule has 0 spiro atoms. The van der Waals surface area contributed by atoms with Gasteiger partial charge in [-0.3, -0.25) is 14.3 Å². The molecule has 0 fully saturated rings. The van der Waals surface area contributed by atoms with E-state index in [0.717, 1.165) is 6.07 Å². The Labute approximate surface area is 145 Å². The third kappa shape index (κ3) is 3.02. The van der Waals surface area contributed by atoms with Crippen LogP contribution in [-0.2, 0) is 13.6 Å². The van der Waals surface area contributed by atoms with Gasteiger partial charge in [-0.1, -0.05) is 0 Å². The van der Waals surface area contributed by atoms with Crippen molar-refractivity contribution in [1.29, 1.82) is 0 Å². The SMILES string of the molecule is Cn1c(=O)[nH]c(=O)c2c1nc(N/N=C\c1ccc(O)cc1O)n2CCO. The van der Waals surface area contributed by atoms with Gasteiger partial charge in [0.1, 0.15) is 11.5 Å². The van der Waals surface area contributed by atoms with Crippen LogP contribution in [0.15, 0.2) is 32.9 Å². The van der Waals surface area contributed by atoms with Crippen molar-refractivity contribution < 1.29 is 15.3 Å².